The van der Waals surface area contributed by atoms with Gasteiger partial charge in [0.15, 0.2) is 0 Å². The highest BCUT2D eigenvalue weighted by molar-refractivity contribution is 7.89. The molecule has 0 saturated carbocycles. The van der Waals surface area contributed by atoms with E-state index in [0.717, 1.165) is 0 Å². The van der Waals surface area contributed by atoms with E-state index in [4.69, 9.17) is 39.3 Å². The number of hydrogen-bond acceptors (Lipinski definition) is 6. The Hall–Kier alpha value is -1.68. The Morgan fingerprint density at radius 2 is 1.63 bits per heavy atom. The Kier molecular flexibility index (Phi) is 6.34. The Morgan fingerprint density at radius 1 is 0.933 bits per heavy atom. The van der Waals surface area contributed by atoms with Crippen LogP contribution in [0, 0.1) is 0 Å². The molecule has 0 amide bonds. The van der Waals surface area contributed by atoms with Gasteiger partial charge in [-0.3, -0.25) is 4.90 Å². The zero-order valence-electron chi connectivity index (χ0n) is 15.6. The Labute approximate surface area is 189 Å². The molecule has 2 heterocycles. The SMILES string of the molecule is O=S(=O)(c1cccc(Cl)c1Cl)N1CCN(Cc2nc(-c3ccccc3Cl)no2)CC1. The summed E-state index contributed by atoms with van der Waals surface area (Å²) in [4.78, 5) is 6.48. The maximum atomic E-state index is 12.9. The highest BCUT2D eigenvalue weighted by Gasteiger charge is 2.31. The topological polar surface area (TPSA) is 79.5 Å². The van der Waals surface area contributed by atoms with E-state index in [1.165, 1.54) is 10.4 Å². The predicted molar refractivity (Wildman–Crippen MR) is 115 cm³/mol. The molecule has 0 bridgehead atoms. The van der Waals surface area contributed by atoms with Crippen LogP contribution in [0.5, 0.6) is 0 Å². The Morgan fingerprint density at radius 3 is 2.37 bits per heavy atom. The molecule has 1 aliphatic heterocycles. The molecule has 1 aromatic heterocycles. The Bertz CT molecular complexity index is 1160. The van der Waals surface area contributed by atoms with Gasteiger partial charge in [0.25, 0.3) is 0 Å². The minimum absolute atomic E-state index is 0.0198. The minimum Gasteiger partial charge on any atom is -0.338 e. The second-order valence-electron chi connectivity index (χ2n) is 6.72. The van der Waals surface area contributed by atoms with Crippen molar-refractivity contribution in [2.24, 2.45) is 0 Å². The number of aromatic nitrogens is 2. The Balaban J connectivity index is 1.41. The van der Waals surface area contributed by atoms with Gasteiger partial charge in [0.1, 0.15) is 4.90 Å². The van der Waals surface area contributed by atoms with E-state index in [1.807, 2.05) is 18.2 Å². The van der Waals surface area contributed by atoms with E-state index >= 15 is 0 Å². The van der Waals surface area contributed by atoms with Crippen LogP contribution in [0.1, 0.15) is 5.89 Å². The molecule has 0 N–H and O–H groups in total. The summed E-state index contributed by atoms with van der Waals surface area (Å²) in [6, 6.07) is 11.9. The van der Waals surface area contributed by atoms with Gasteiger partial charge in [0.05, 0.1) is 21.6 Å². The fourth-order valence-electron chi connectivity index (χ4n) is 3.21. The molecule has 0 atom stereocenters. The maximum Gasteiger partial charge on any atom is 0.244 e. The first-order valence-corrected chi connectivity index (χ1v) is 11.7. The van der Waals surface area contributed by atoms with Gasteiger partial charge in [-0.1, -0.05) is 58.2 Å². The van der Waals surface area contributed by atoms with Gasteiger partial charge in [-0.05, 0) is 24.3 Å². The van der Waals surface area contributed by atoms with Crippen molar-refractivity contribution in [3.8, 4) is 11.4 Å². The number of nitrogens with zero attached hydrogens (tertiary/aromatic N) is 4. The van der Waals surface area contributed by atoms with E-state index < -0.39 is 10.0 Å². The van der Waals surface area contributed by atoms with Gasteiger partial charge in [0, 0.05) is 31.7 Å². The van der Waals surface area contributed by atoms with Crippen molar-refractivity contribution in [2.45, 2.75) is 11.4 Å². The number of piperazine rings is 1. The third-order valence-corrected chi connectivity index (χ3v) is 8.01. The number of sulfonamides is 1. The average molecular weight is 488 g/mol. The van der Waals surface area contributed by atoms with Crippen molar-refractivity contribution in [3.05, 3.63) is 63.4 Å². The monoisotopic (exact) mass is 486 g/mol. The largest absolute Gasteiger partial charge is 0.338 e. The highest BCUT2D eigenvalue weighted by Crippen LogP contribution is 2.31. The van der Waals surface area contributed by atoms with Crippen LogP contribution in [0.2, 0.25) is 15.1 Å². The molecule has 158 valence electrons. The molecule has 0 unspecified atom stereocenters. The molecule has 0 radical (unpaired) electrons. The first kappa shape index (κ1) is 21.5. The number of rotatable bonds is 5. The maximum absolute atomic E-state index is 12.9. The normalized spacial score (nSPS) is 16.1. The molecule has 0 spiro atoms. The number of hydrogen-bond donors (Lipinski definition) is 0. The van der Waals surface area contributed by atoms with Gasteiger partial charge in [-0.2, -0.15) is 9.29 Å². The molecule has 2 aromatic carbocycles. The van der Waals surface area contributed by atoms with E-state index in [0.29, 0.717) is 55.0 Å². The molecule has 11 heteroatoms. The summed E-state index contributed by atoms with van der Waals surface area (Å²) in [5.74, 6) is 0.867. The van der Waals surface area contributed by atoms with Gasteiger partial charge < -0.3 is 4.52 Å². The zero-order valence-corrected chi connectivity index (χ0v) is 18.7. The van der Waals surface area contributed by atoms with Crippen LogP contribution >= 0.6 is 34.8 Å². The van der Waals surface area contributed by atoms with Crippen molar-refractivity contribution >= 4 is 44.8 Å². The molecule has 4 rings (SSSR count). The minimum atomic E-state index is -3.72. The summed E-state index contributed by atoms with van der Waals surface area (Å²) in [5, 5.41) is 4.79. The van der Waals surface area contributed by atoms with E-state index in [2.05, 4.69) is 15.0 Å². The van der Waals surface area contributed by atoms with Gasteiger partial charge in [-0.25, -0.2) is 8.42 Å². The van der Waals surface area contributed by atoms with Crippen LogP contribution in [0.25, 0.3) is 11.4 Å². The summed E-state index contributed by atoms with van der Waals surface area (Å²) in [6.45, 7) is 2.08. The summed E-state index contributed by atoms with van der Waals surface area (Å²) >= 11 is 18.3. The van der Waals surface area contributed by atoms with E-state index in [-0.39, 0.29) is 14.9 Å². The fourth-order valence-corrected chi connectivity index (χ4v) is 5.59. The molecule has 1 aliphatic rings. The zero-order chi connectivity index (χ0) is 21.3. The van der Waals surface area contributed by atoms with Crippen LogP contribution in [0.3, 0.4) is 0 Å². The third-order valence-electron chi connectivity index (χ3n) is 4.81. The van der Waals surface area contributed by atoms with Crippen LogP contribution in [0.15, 0.2) is 51.9 Å². The summed E-state index contributed by atoms with van der Waals surface area (Å²) in [6.07, 6.45) is 0. The van der Waals surface area contributed by atoms with Crippen molar-refractivity contribution in [1.82, 2.24) is 19.3 Å². The van der Waals surface area contributed by atoms with Crippen LogP contribution in [0.4, 0.5) is 0 Å². The predicted octanol–water partition coefficient (Wildman–Crippen LogP) is 4.20. The molecule has 1 saturated heterocycles. The van der Waals surface area contributed by atoms with Crippen molar-refractivity contribution in [1.29, 1.82) is 0 Å². The lowest BCUT2D eigenvalue weighted by molar-refractivity contribution is 0.163. The first-order chi connectivity index (χ1) is 14.4. The van der Waals surface area contributed by atoms with Crippen LogP contribution < -0.4 is 0 Å². The summed E-state index contributed by atoms with van der Waals surface area (Å²) in [7, 11) is -3.72. The van der Waals surface area contributed by atoms with Crippen molar-refractivity contribution < 1.29 is 12.9 Å². The molecule has 0 aliphatic carbocycles. The molecule has 3 aromatic rings. The highest BCUT2D eigenvalue weighted by atomic mass is 35.5. The second-order valence-corrected chi connectivity index (χ2v) is 9.82. The van der Waals surface area contributed by atoms with Crippen molar-refractivity contribution in [2.75, 3.05) is 26.2 Å². The lowest BCUT2D eigenvalue weighted by Gasteiger charge is -2.33. The standard InChI is InChI=1S/C19H17Cl3N4O3S/c20-14-5-2-1-4-13(14)19-23-17(29-24-19)12-25-8-10-26(11-9-25)30(27,28)16-7-3-6-15(21)18(16)22/h1-7H,8-12H2. The van der Waals surface area contributed by atoms with Gasteiger partial charge in [0.2, 0.25) is 21.7 Å². The van der Waals surface area contributed by atoms with Crippen LogP contribution in [-0.2, 0) is 16.6 Å². The summed E-state index contributed by atoms with van der Waals surface area (Å²) in [5.41, 5.74) is 0.698. The van der Waals surface area contributed by atoms with Gasteiger partial charge in [-0.15, -0.1) is 0 Å². The molecule has 7 nitrogen and oxygen atoms in total. The lowest BCUT2D eigenvalue weighted by Crippen LogP contribution is -2.48. The average Bonchev–Trinajstić information content (AvgIpc) is 3.19. The number of benzene rings is 2. The molecular weight excluding hydrogens is 471 g/mol. The fraction of sp³-hybridized carbons (Fsp3) is 0.263. The molecule has 1 fully saturated rings. The third kappa shape index (κ3) is 4.34. The van der Waals surface area contributed by atoms with Crippen molar-refractivity contribution in [3.63, 3.8) is 0 Å². The summed E-state index contributed by atoms with van der Waals surface area (Å²) < 4.78 is 32.6. The molecular formula is C19H17Cl3N4O3S. The quantitative estimate of drug-likeness (QED) is 0.536. The molecule has 30 heavy (non-hydrogen) atoms. The first-order valence-electron chi connectivity index (χ1n) is 9.10. The van der Waals surface area contributed by atoms with E-state index in [1.54, 1.807) is 18.2 Å². The lowest BCUT2D eigenvalue weighted by atomic mass is 10.2. The van der Waals surface area contributed by atoms with Crippen LogP contribution in [-0.4, -0.2) is 53.9 Å². The smallest absolute Gasteiger partial charge is 0.244 e. The number of halogens is 3. The van der Waals surface area contributed by atoms with E-state index in [9.17, 15) is 8.42 Å². The van der Waals surface area contributed by atoms with Gasteiger partial charge >= 0.3 is 0 Å². The second kappa shape index (κ2) is 8.82.